The number of likely N-dealkylation sites (N-methyl/N-ethyl adjacent to an activating group) is 1. The van der Waals surface area contributed by atoms with Crippen molar-refractivity contribution in [2.45, 2.75) is 69.1 Å². The van der Waals surface area contributed by atoms with Gasteiger partial charge in [0.2, 0.25) is 0 Å². The number of carbonyl (C=O) groups is 1. The maximum absolute atomic E-state index is 11.4. The van der Waals surface area contributed by atoms with Crippen LogP contribution in [0.5, 0.6) is 11.5 Å². The van der Waals surface area contributed by atoms with Gasteiger partial charge < -0.3 is 19.7 Å². The highest BCUT2D eigenvalue weighted by Gasteiger charge is 2.61. The third-order valence-electron chi connectivity index (χ3n) is 7.28. The van der Waals surface area contributed by atoms with Gasteiger partial charge in [-0.25, -0.2) is 4.79 Å². The van der Waals surface area contributed by atoms with Crippen molar-refractivity contribution in [2.24, 2.45) is 5.92 Å². The molecular formula is C22H29NO5. The summed E-state index contributed by atoms with van der Waals surface area (Å²) in [5, 5.41) is 19.8. The fourth-order valence-corrected chi connectivity index (χ4v) is 5.95. The van der Waals surface area contributed by atoms with E-state index >= 15 is 0 Å². The number of hydrogen-bond acceptors (Lipinski definition) is 5. The summed E-state index contributed by atoms with van der Waals surface area (Å²) in [4.78, 5) is 14.0. The first-order valence-corrected chi connectivity index (χ1v) is 10.6. The maximum Gasteiger partial charge on any atom is 0.329 e. The summed E-state index contributed by atoms with van der Waals surface area (Å²) in [6, 6.07) is 3.90. The molecule has 2 fully saturated rings. The number of ether oxygens (including phenoxy) is 2. The normalized spacial score (nSPS) is 32.9. The fraction of sp³-hybridized carbons (Fsp3) is 0.682. The Morgan fingerprint density at radius 3 is 2.89 bits per heavy atom. The van der Waals surface area contributed by atoms with Gasteiger partial charge in [0.15, 0.2) is 11.5 Å². The molecule has 4 aliphatic rings. The van der Waals surface area contributed by atoms with E-state index < -0.39 is 11.6 Å². The summed E-state index contributed by atoms with van der Waals surface area (Å²) in [5.41, 5.74) is 1.71. The van der Waals surface area contributed by atoms with Crippen molar-refractivity contribution in [3.8, 4) is 11.5 Å². The van der Waals surface area contributed by atoms with Crippen molar-refractivity contribution < 1.29 is 24.5 Å². The molecule has 4 atom stereocenters. The number of aromatic hydroxyl groups is 1. The van der Waals surface area contributed by atoms with Crippen molar-refractivity contribution in [2.75, 3.05) is 19.7 Å². The van der Waals surface area contributed by atoms with Gasteiger partial charge in [0.05, 0.1) is 11.5 Å². The fourth-order valence-electron chi connectivity index (χ4n) is 5.95. The van der Waals surface area contributed by atoms with Crippen molar-refractivity contribution in [3.63, 3.8) is 0 Å². The maximum atomic E-state index is 11.4. The molecule has 5 rings (SSSR count). The largest absolute Gasteiger partial charge is 0.504 e. The molecule has 0 saturated heterocycles. The summed E-state index contributed by atoms with van der Waals surface area (Å²) in [5.74, 6) is 0.601. The molecule has 0 amide bonds. The quantitative estimate of drug-likeness (QED) is 0.749. The van der Waals surface area contributed by atoms with E-state index in [-0.39, 0.29) is 30.4 Å². The zero-order valence-corrected chi connectivity index (χ0v) is 16.4. The van der Waals surface area contributed by atoms with Crippen molar-refractivity contribution in [1.82, 2.24) is 4.90 Å². The number of benzene rings is 1. The average Bonchev–Trinajstić information content (AvgIpc) is 3.41. The first kappa shape index (κ1) is 18.3. The first-order chi connectivity index (χ1) is 13.5. The van der Waals surface area contributed by atoms with Crippen LogP contribution in [0.4, 0.5) is 0 Å². The van der Waals surface area contributed by atoms with E-state index in [4.69, 9.17) is 9.47 Å². The van der Waals surface area contributed by atoms with Crippen molar-refractivity contribution in [3.05, 3.63) is 23.3 Å². The van der Waals surface area contributed by atoms with Gasteiger partial charge in [0, 0.05) is 18.2 Å². The Morgan fingerprint density at radius 2 is 2.18 bits per heavy atom. The van der Waals surface area contributed by atoms with Crippen LogP contribution < -0.4 is 4.74 Å². The zero-order chi connectivity index (χ0) is 19.5. The molecule has 2 saturated carbocycles. The highest BCUT2D eigenvalue weighted by molar-refractivity contribution is 5.68. The zero-order valence-electron chi connectivity index (χ0n) is 16.4. The monoisotopic (exact) mass is 387 g/mol. The van der Waals surface area contributed by atoms with E-state index in [0.29, 0.717) is 5.75 Å². The molecule has 1 aromatic rings. The molecule has 0 radical (unpaired) electrons. The van der Waals surface area contributed by atoms with Crippen LogP contribution in [0, 0.1) is 5.92 Å². The molecule has 1 aromatic carbocycles. The number of rotatable bonds is 7. The molecule has 1 unspecified atom stereocenters. The smallest absolute Gasteiger partial charge is 0.329 e. The molecule has 152 valence electrons. The molecule has 28 heavy (non-hydrogen) atoms. The number of hydrogen-bond donors (Lipinski definition) is 2. The molecular weight excluding hydrogens is 358 g/mol. The Bertz CT molecular complexity index is 791. The predicted octanol–water partition coefficient (Wildman–Crippen LogP) is 2.92. The van der Waals surface area contributed by atoms with Gasteiger partial charge in [-0.05, 0) is 62.6 Å². The van der Waals surface area contributed by atoms with E-state index in [1.165, 1.54) is 18.4 Å². The van der Waals surface area contributed by atoms with Crippen LogP contribution in [-0.4, -0.2) is 58.5 Å². The van der Waals surface area contributed by atoms with Crippen LogP contribution in [0.3, 0.4) is 0 Å². The number of phenols is 1. The third kappa shape index (κ3) is 2.72. The lowest BCUT2D eigenvalue weighted by Crippen LogP contribution is -2.64. The summed E-state index contributed by atoms with van der Waals surface area (Å²) in [6.45, 7) is 3.89. The predicted molar refractivity (Wildman–Crippen MR) is 103 cm³/mol. The molecule has 6 nitrogen and oxygen atoms in total. The standard InChI is InChI=1S/C22H29NO5/c1-2-23(11-13-5-6-13)17-10-14-7-8-15(24)21-19(14)20-16(28-21)4-3-9-22(17,20)27-12-18(25)26/h7-8,13,16-17,20,24H,2-6,9-12H2,1H3,(H,25,26)/t16-,17+,20?,22+/m0/s1. The highest BCUT2D eigenvalue weighted by atomic mass is 16.5. The van der Waals surface area contributed by atoms with Crippen LogP contribution in [0.15, 0.2) is 12.1 Å². The van der Waals surface area contributed by atoms with Gasteiger partial charge in [0.1, 0.15) is 12.7 Å². The number of nitrogens with zero attached hydrogens (tertiary/aromatic N) is 1. The van der Waals surface area contributed by atoms with E-state index in [1.807, 2.05) is 6.07 Å². The summed E-state index contributed by atoms with van der Waals surface area (Å²) >= 11 is 0. The van der Waals surface area contributed by atoms with Crippen LogP contribution in [0.25, 0.3) is 0 Å². The van der Waals surface area contributed by atoms with Crippen molar-refractivity contribution in [1.29, 1.82) is 0 Å². The second-order valence-corrected chi connectivity index (χ2v) is 8.90. The van der Waals surface area contributed by atoms with Gasteiger partial charge in [-0.2, -0.15) is 0 Å². The third-order valence-corrected chi connectivity index (χ3v) is 7.28. The first-order valence-electron chi connectivity index (χ1n) is 10.6. The molecule has 1 aliphatic heterocycles. The minimum absolute atomic E-state index is 0.00953. The molecule has 0 aromatic heterocycles. The van der Waals surface area contributed by atoms with E-state index in [2.05, 4.69) is 11.8 Å². The van der Waals surface area contributed by atoms with Gasteiger partial charge in [-0.15, -0.1) is 0 Å². The Hall–Kier alpha value is -1.79. The minimum atomic E-state index is -0.929. The van der Waals surface area contributed by atoms with Crippen LogP contribution in [0.1, 0.15) is 56.1 Å². The van der Waals surface area contributed by atoms with Gasteiger partial charge in [0.25, 0.3) is 0 Å². The van der Waals surface area contributed by atoms with Crippen LogP contribution in [0.2, 0.25) is 0 Å². The lowest BCUT2D eigenvalue weighted by molar-refractivity contribution is -0.174. The Kier molecular flexibility index (Phi) is 4.32. The van der Waals surface area contributed by atoms with Crippen LogP contribution in [-0.2, 0) is 16.0 Å². The molecule has 0 spiro atoms. The summed E-state index contributed by atoms with van der Waals surface area (Å²) in [6.07, 6.45) is 6.04. The summed E-state index contributed by atoms with van der Waals surface area (Å²) in [7, 11) is 0. The molecule has 2 N–H and O–H groups in total. The van der Waals surface area contributed by atoms with Gasteiger partial charge in [-0.3, -0.25) is 4.90 Å². The molecule has 3 aliphatic carbocycles. The number of phenolic OH excluding ortho intramolecular Hbond substituents is 1. The molecule has 6 heteroatoms. The Morgan fingerprint density at radius 1 is 1.36 bits per heavy atom. The lowest BCUT2D eigenvalue weighted by Gasteiger charge is -2.54. The van der Waals surface area contributed by atoms with E-state index in [9.17, 15) is 15.0 Å². The minimum Gasteiger partial charge on any atom is -0.504 e. The number of carboxylic acids is 1. The Labute approximate surface area is 165 Å². The number of carboxylic acid groups (broad SMARTS) is 1. The van der Waals surface area contributed by atoms with Gasteiger partial charge >= 0.3 is 5.97 Å². The number of aliphatic carboxylic acids is 1. The van der Waals surface area contributed by atoms with Gasteiger partial charge in [-0.1, -0.05) is 13.0 Å². The highest BCUT2D eigenvalue weighted by Crippen LogP contribution is 2.60. The van der Waals surface area contributed by atoms with E-state index in [0.717, 1.165) is 50.3 Å². The Balaban J connectivity index is 1.62. The topological polar surface area (TPSA) is 79.2 Å². The SMILES string of the molecule is CCN(CC1CC1)[C@@H]1Cc2ccc(O)c3c2C2[C@H](CCC[C@]21OCC(=O)O)O3. The molecule has 0 bridgehead atoms. The van der Waals surface area contributed by atoms with Crippen molar-refractivity contribution >= 4 is 5.97 Å². The second kappa shape index (κ2) is 6.63. The average molecular weight is 387 g/mol. The molecule has 1 heterocycles. The van der Waals surface area contributed by atoms with E-state index in [1.54, 1.807) is 6.07 Å². The second-order valence-electron chi connectivity index (χ2n) is 8.90. The summed E-state index contributed by atoms with van der Waals surface area (Å²) < 4.78 is 12.6. The lowest BCUT2D eigenvalue weighted by atomic mass is 9.61. The van der Waals surface area contributed by atoms with Crippen LogP contribution >= 0.6 is 0 Å².